The molecular weight excluding hydrogens is 222 g/mol. The van der Waals surface area contributed by atoms with Gasteiger partial charge in [0, 0.05) is 25.3 Å². The fourth-order valence-corrected chi connectivity index (χ4v) is 2.71. The standard InChI is InChI=1S/C15H25N3/c1-12(16)13-9-10-15(17-11-13)18(2)14-7-5-3-4-6-8-14/h9-12,14H,3-8,16H2,1-2H3/t12-/m1/s1. The van der Waals surface area contributed by atoms with Crippen LogP contribution in [0.1, 0.15) is 57.1 Å². The lowest BCUT2D eigenvalue weighted by atomic mass is 10.1. The van der Waals surface area contributed by atoms with E-state index in [0.717, 1.165) is 11.4 Å². The molecule has 0 saturated heterocycles. The molecule has 3 nitrogen and oxygen atoms in total. The van der Waals surface area contributed by atoms with Crippen molar-refractivity contribution in [1.82, 2.24) is 4.98 Å². The second-order valence-corrected chi connectivity index (χ2v) is 5.49. The molecule has 0 bridgehead atoms. The maximum absolute atomic E-state index is 5.85. The molecule has 0 aromatic carbocycles. The number of hydrogen-bond acceptors (Lipinski definition) is 3. The Morgan fingerprint density at radius 2 is 1.89 bits per heavy atom. The highest BCUT2D eigenvalue weighted by atomic mass is 15.2. The van der Waals surface area contributed by atoms with Gasteiger partial charge in [0.2, 0.25) is 0 Å². The van der Waals surface area contributed by atoms with Crippen molar-refractivity contribution in [2.24, 2.45) is 5.73 Å². The summed E-state index contributed by atoms with van der Waals surface area (Å²) in [5.74, 6) is 1.08. The zero-order valence-electron chi connectivity index (χ0n) is 11.6. The monoisotopic (exact) mass is 247 g/mol. The quantitative estimate of drug-likeness (QED) is 0.834. The highest BCUT2D eigenvalue weighted by Gasteiger charge is 2.18. The van der Waals surface area contributed by atoms with Crippen molar-refractivity contribution >= 4 is 5.82 Å². The Hall–Kier alpha value is -1.09. The summed E-state index contributed by atoms with van der Waals surface area (Å²) < 4.78 is 0. The Kier molecular flexibility index (Phi) is 4.59. The summed E-state index contributed by atoms with van der Waals surface area (Å²) in [7, 11) is 2.17. The molecular formula is C15H25N3. The first-order valence-corrected chi connectivity index (χ1v) is 7.13. The Labute approximate surface area is 110 Å². The minimum absolute atomic E-state index is 0.0646. The van der Waals surface area contributed by atoms with Gasteiger partial charge in [-0.25, -0.2) is 4.98 Å². The predicted octanol–water partition coefficient (Wildman–Crippen LogP) is 3.26. The van der Waals surface area contributed by atoms with Crippen LogP contribution < -0.4 is 10.6 Å². The van der Waals surface area contributed by atoms with E-state index >= 15 is 0 Å². The maximum atomic E-state index is 5.85. The molecule has 2 rings (SSSR count). The zero-order chi connectivity index (χ0) is 13.0. The maximum Gasteiger partial charge on any atom is 0.128 e. The fourth-order valence-electron chi connectivity index (χ4n) is 2.71. The van der Waals surface area contributed by atoms with Crippen molar-refractivity contribution in [2.45, 2.75) is 57.5 Å². The highest BCUT2D eigenvalue weighted by Crippen LogP contribution is 2.24. The van der Waals surface area contributed by atoms with Gasteiger partial charge in [-0.1, -0.05) is 31.7 Å². The normalized spacial score (nSPS) is 19.3. The molecule has 1 aliphatic carbocycles. The average molecular weight is 247 g/mol. The summed E-state index contributed by atoms with van der Waals surface area (Å²) in [4.78, 5) is 6.90. The van der Waals surface area contributed by atoms with Gasteiger partial charge in [-0.15, -0.1) is 0 Å². The van der Waals surface area contributed by atoms with Crippen molar-refractivity contribution in [3.63, 3.8) is 0 Å². The minimum atomic E-state index is 0.0646. The van der Waals surface area contributed by atoms with Gasteiger partial charge in [0.15, 0.2) is 0 Å². The van der Waals surface area contributed by atoms with Crippen LogP contribution in [0.3, 0.4) is 0 Å². The van der Waals surface area contributed by atoms with Gasteiger partial charge in [-0.3, -0.25) is 0 Å². The first-order valence-electron chi connectivity index (χ1n) is 7.13. The van der Waals surface area contributed by atoms with E-state index in [0.29, 0.717) is 6.04 Å². The van der Waals surface area contributed by atoms with E-state index in [2.05, 4.69) is 29.1 Å². The lowest BCUT2D eigenvalue weighted by Crippen LogP contribution is -2.31. The summed E-state index contributed by atoms with van der Waals surface area (Å²) in [6.45, 7) is 1.99. The molecule has 3 heteroatoms. The number of pyridine rings is 1. The van der Waals surface area contributed by atoms with Crippen molar-refractivity contribution in [3.05, 3.63) is 23.9 Å². The van der Waals surface area contributed by atoms with Gasteiger partial charge in [0.25, 0.3) is 0 Å². The summed E-state index contributed by atoms with van der Waals surface area (Å²) in [5.41, 5.74) is 6.95. The number of nitrogens with two attached hydrogens (primary N) is 1. The van der Waals surface area contributed by atoms with Crippen LogP contribution in [-0.2, 0) is 0 Å². The smallest absolute Gasteiger partial charge is 0.128 e. The molecule has 1 atom stereocenters. The van der Waals surface area contributed by atoms with Crippen LogP contribution in [0.25, 0.3) is 0 Å². The molecule has 100 valence electrons. The molecule has 1 heterocycles. The van der Waals surface area contributed by atoms with Gasteiger partial charge in [-0.2, -0.15) is 0 Å². The van der Waals surface area contributed by atoms with Gasteiger partial charge < -0.3 is 10.6 Å². The van der Waals surface area contributed by atoms with Crippen molar-refractivity contribution < 1.29 is 0 Å². The number of anilines is 1. The Morgan fingerprint density at radius 3 is 2.39 bits per heavy atom. The summed E-state index contributed by atoms with van der Waals surface area (Å²) in [6, 6.07) is 4.92. The van der Waals surface area contributed by atoms with Gasteiger partial charge in [0.05, 0.1) is 0 Å². The molecule has 18 heavy (non-hydrogen) atoms. The van der Waals surface area contributed by atoms with E-state index in [1.165, 1.54) is 38.5 Å². The first-order chi connectivity index (χ1) is 8.68. The molecule has 1 fully saturated rings. The zero-order valence-corrected chi connectivity index (χ0v) is 11.6. The van der Waals surface area contributed by atoms with Crippen LogP contribution in [0.4, 0.5) is 5.82 Å². The van der Waals surface area contributed by atoms with Crippen LogP contribution in [0, 0.1) is 0 Å². The van der Waals surface area contributed by atoms with E-state index < -0.39 is 0 Å². The summed E-state index contributed by atoms with van der Waals surface area (Å²) >= 11 is 0. The fraction of sp³-hybridized carbons (Fsp3) is 0.667. The molecule has 2 N–H and O–H groups in total. The van der Waals surface area contributed by atoms with Gasteiger partial charge in [0.1, 0.15) is 5.82 Å². The second kappa shape index (κ2) is 6.19. The third-order valence-electron chi connectivity index (χ3n) is 4.03. The van der Waals surface area contributed by atoms with Crippen molar-refractivity contribution in [1.29, 1.82) is 0 Å². The number of aromatic nitrogens is 1. The molecule has 0 spiro atoms. The first kappa shape index (κ1) is 13.3. The van der Waals surface area contributed by atoms with Crippen LogP contribution in [0.5, 0.6) is 0 Å². The van der Waals surface area contributed by atoms with Gasteiger partial charge >= 0.3 is 0 Å². The number of hydrogen-bond donors (Lipinski definition) is 1. The van der Waals surface area contributed by atoms with Crippen LogP contribution >= 0.6 is 0 Å². The lowest BCUT2D eigenvalue weighted by molar-refractivity contribution is 0.549. The SMILES string of the molecule is C[C@@H](N)c1ccc(N(C)C2CCCCCC2)nc1. The van der Waals surface area contributed by atoms with Crippen molar-refractivity contribution in [2.75, 3.05) is 11.9 Å². The van der Waals surface area contributed by atoms with Gasteiger partial charge in [-0.05, 0) is 31.4 Å². The van der Waals surface area contributed by atoms with Crippen LogP contribution in [0.2, 0.25) is 0 Å². The second-order valence-electron chi connectivity index (χ2n) is 5.49. The number of rotatable bonds is 3. The molecule has 0 amide bonds. The summed E-state index contributed by atoms with van der Waals surface area (Å²) in [5, 5.41) is 0. The number of nitrogens with zero attached hydrogens (tertiary/aromatic N) is 2. The Balaban J connectivity index is 2.05. The molecule has 1 aliphatic rings. The molecule has 0 unspecified atom stereocenters. The summed E-state index contributed by atoms with van der Waals surface area (Å²) in [6.07, 6.45) is 10.00. The molecule has 0 radical (unpaired) electrons. The molecule has 1 aromatic heterocycles. The molecule has 1 aromatic rings. The van der Waals surface area contributed by atoms with E-state index in [1.807, 2.05) is 13.1 Å². The average Bonchev–Trinajstić information content (AvgIpc) is 2.67. The largest absolute Gasteiger partial charge is 0.357 e. The van der Waals surface area contributed by atoms with E-state index in [-0.39, 0.29) is 6.04 Å². The van der Waals surface area contributed by atoms with Crippen LogP contribution in [0.15, 0.2) is 18.3 Å². The molecule has 1 saturated carbocycles. The molecule has 0 aliphatic heterocycles. The van der Waals surface area contributed by atoms with Crippen LogP contribution in [-0.4, -0.2) is 18.1 Å². The topological polar surface area (TPSA) is 42.1 Å². The van der Waals surface area contributed by atoms with E-state index in [1.54, 1.807) is 0 Å². The third kappa shape index (κ3) is 3.22. The minimum Gasteiger partial charge on any atom is -0.357 e. The Bertz CT molecular complexity index is 351. The van der Waals surface area contributed by atoms with E-state index in [9.17, 15) is 0 Å². The third-order valence-corrected chi connectivity index (χ3v) is 4.03. The predicted molar refractivity (Wildman–Crippen MR) is 76.7 cm³/mol. The van der Waals surface area contributed by atoms with E-state index in [4.69, 9.17) is 5.73 Å². The lowest BCUT2D eigenvalue weighted by Gasteiger charge is -2.28. The van der Waals surface area contributed by atoms with Crippen molar-refractivity contribution in [3.8, 4) is 0 Å². The Morgan fingerprint density at radius 1 is 1.22 bits per heavy atom. The highest BCUT2D eigenvalue weighted by molar-refractivity contribution is 5.40.